The van der Waals surface area contributed by atoms with E-state index in [9.17, 15) is 8.42 Å². The molecule has 0 aromatic carbocycles. The number of hydrogen-bond acceptors (Lipinski definition) is 3. The molecular formula is C7H8ClO2S2. The van der Waals surface area contributed by atoms with Crippen molar-refractivity contribution in [3.8, 4) is 0 Å². The predicted octanol–water partition coefficient (Wildman–Crippen LogP) is 2.39. The maximum absolute atomic E-state index is 11.4. The Balaban J connectivity index is 3.06. The maximum atomic E-state index is 11.4. The van der Waals surface area contributed by atoms with Crippen LogP contribution in [0, 0.1) is 5.38 Å². The summed E-state index contributed by atoms with van der Waals surface area (Å²) in [6, 6.07) is 0. The lowest BCUT2D eigenvalue weighted by Gasteiger charge is -1.98. The molecule has 0 N–H and O–H groups in total. The molecule has 0 aliphatic heterocycles. The number of thiophene rings is 1. The van der Waals surface area contributed by atoms with Crippen LogP contribution in [-0.2, 0) is 9.84 Å². The zero-order valence-electron chi connectivity index (χ0n) is 6.50. The van der Waals surface area contributed by atoms with Crippen molar-refractivity contribution in [2.45, 2.75) is 18.2 Å². The first-order chi connectivity index (χ1) is 5.58. The van der Waals surface area contributed by atoms with E-state index in [1.54, 1.807) is 0 Å². The summed E-state index contributed by atoms with van der Waals surface area (Å²) < 4.78 is 22.8. The van der Waals surface area contributed by atoms with E-state index in [1.165, 1.54) is 16.7 Å². The molecule has 0 aliphatic rings. The van der Waals surface area contributed by atoms with Crippen LogP contribution >= 0.6 is 22.9 Å². The second-order valence-electron chi connectivity index (χ2n) is 2.33. The van der Waals surface area contributed by atoms with Gasteiger partial charge in [-0.1, -0.05) is 18.5 Å². The molecule has 0 fully saturated rings. The third kappa shape index (κ3) is 2.00. The van der Waals surface area contributed by atoms with E-state index < -0.39 is 9.84 Å². The van der Waals surface area contributed by atoms with E-state index in [4.69, 9.17) is 11.6 Å². The molecule has 0 amide bonds. The molecule has 1 radical (unpaired) electrons. The SMILES string of the molecule is CCCS(=O)(=O)c1cs[c]c1Cl. The second kappa shape index (κ2) is 3.77. The van der Waals surface area contributed by atoms with Crippen molar-refractivity contribution in [3.63, 3.8) is 0 Å². The van der Waals surface area contributed by atoms with E-state index >= 15 is 0 Å². The van der Waals surface area contributed by atoms with Gasteiger partial charge in [0.2, 0.25) is 0 Å². The molecular weight excluding hydrogens is 216 g/mol. The summed E-state index contributed by atoms with van der Waals surface area (Å²) in [5.41, 5.74) is 0. The van der Waals surface area contributed by atoms with E-state index in [0.29, 0.717) is 6.42 Å². The molecule has 2 nitrogen and oxygen atoms in total. The van der Waals surface area contributed by atoms with Crippen molar-refractivity contribution in [2.75, 3.05) is 5.75 Å². The lowest BCUT2D eigenvalue weighted by Crippen LogP contribution is -2.04. The zero-order chi connectivity index (χ0) is 9.19. The van der Waals surface area contributed by atoms with Crippen LogP contribution in [0.4, 0.5) is 0 Å². The largest absolute Gasteiger partial charge is 0.224 e. The normalized spacial score (nSPS) is 11.8. The van der Waals surface area contributed by atoms with Crippen LogP contribution in [0.3, 0.4) is 0 Å². The summed E-state index contributed by atoms with van der Waals surface area (Å²) >= 11 is 6.82. The Morgan fingerprint density at radius 2 is 2.33 bits per heavy atom. The molecule has 0 saturated heterocycles. The van der Waals surface area contributed by atoms with Gasteiger partial charge in [0.1, 0.15) is 0 Å². The highest BCUT2D eigenvalue weighted by Gasteiger charge is 2.17. The average Bonchev–Trinajstić information content (AvgIpc) is 2.35. The molecule has 0 atom stereocenters. The Labute approximate surface area is 81.1 Å². The quantitative estimate of drug-likeness (QED) is 0.789. The van der Waals surface area contributed by atoms with Crippen LogP contribution in [0.15, 0.2) is 10.3 Å². The van der Waals surface area contributed by atoms with Crippen molar-refractivity contribution in [1.29, 1.82) is 0 Å². The molecule has 12 heavy (non-hydrogen) atoms. The third-order valence-corrected chi connectivity index (χ3v) is 4.62. The first-order valence-corrected chi connectivity index (χ1v) is 6.36. The molecule has 1 aromatic heterocycles. The monoisotopic (exact) mass is 223 g/mol. The topological polar surface area (TPSA) is 34.1 Å². The van der Waals surface area contributed by atoms with Gasteiger partial charge < -0.3 is 0 Å². The van der Waals surface area contributed by atoms with Crippen LogP contribution in [0.25, 0.3) is 0 Å². The van der Waals surface area contributed by atoms with Crippen molar-refractivity contribution < 1.29 is 8.42 Å². The number of sulfone groups is 1. The van der Waals surface area contributed by atoms with Crippen molar-refractivity contribution in [1.82, 2.24) is 0 Å². The first-order valence-electron chi connectivity index (χ1n) is 3.45. The Bertz CT molecular complexity index is 353. The van der Waals surface area contributed by atoms with Crippen LogP contribution < -0.4 is 0 Å². The predicted molar refractivity (Wildman–Crippen MR) is 50.5 cm³/mol. The lowest BCUT2D eigenvalue weighted by molar-refractivity contribution is 0.595. The Morgan fingerprint density at radius 3 is 2.75 bits per heavy atom. The zero-order valence-corrected chi connectivity index (χ0v) is 8.89. The molecule has 5 heteroatoms. The molecule has 0 aliphatic carbocycles. The highest BCUT2D eigenvalue weighted by atomic mass is 35.5. The smallest absolute Gasteiger partial charge is 0.180 e. The van der Waals surface area contributed by atoms with E-state index in [1.807, 2.05) is 6.92 Å². The van der Waals surface area contributed by atoms with Gasteiger partial charge in [0.25, 0.3) is 0 Å². The summed E-state index contributed by atoms with van der Waals surface area (Å²) in [5, 5.41) is 4.40. The minimum absolute atomic E-state index is 0.150. The fourth-order valence-electron chi connectivity index (χ4n) is 0.825. The average molecular weight is 224 g/mol. The maximum Gasteiger partial charge on any atom is 0.180 e. The molecule has 0 unspecified atom stereocenters. The molecule has 0 spiro atoms. The van der Waals surface area contributed by atoms with Crippen LogP contribution in [0.2, 0.25) is 5.02 Å². The molecule has 1 aromatic rings. The van der Waals surface area contributed by atoms with Gasteiger partial charge >= 0.3 is 0 Å². The molecule has 1 rings (SSSR count). The van der Waals surface area contributed by atoms with Crippen molar-refractivity contribution in [2.24, 2.45) is 0 Å². The summed E-state index contributed by atoms with van der Waals surface area (Å²) in [6.07, 6.45) is 0.606. The third-order valence-electron chi connectivity index (χ3n) is 1.34. The summed E-state index contributed by atoms with van der Waals surface area (Å²) in [6.45, 7) is 1.82. The fourth-order valence-corrected chi connectivity index (χ4v) is 3.80. The minimum Gasteiger partial charge on any atom is -0.224 e. The van der Waals surface area contributed by atoms with Gasteiger partial charge in [-0.3, -0.25) is 0 Å². The molecule has 0 saturated carbocycles. The van der Waals surface area contributed by atoms with E-state index in [-0.39, 0.29) is 15.7 Å². The van der Waals surface area contributed by atoms with Gasteiger partial charge in [0.05, 0.1) is 21.1 Å². The second-order valence-corrected chi connectivity index (χ2v) is 5.47. The highest BCUT2D eigenvalue weighted by molar-refractivity contribution is 7.91. The Kier molecular flexibility index (Phi) is 3.15. The van der Waals surface area contributed by atoms with Gasteiger partial charge in [-0.25, -0.2) is 8.42 Å². The number of halogens is 1. The minimum atomic E-state index is -3.15. The van der Waals surface area contributed by atoms with Gasteiger partial charge in [0, 0.05) is 5.38 Å². The summed E-state index contributed by atoms with van der Waals surface area (Å²) in [5.74, 6) is 0.150. The van der Waals surface area contributed by atoms with Crippen LogP contribution in [-0.4, -0.2) is 14.2 Å². The van der Waals surface area contributed by atoms with E-state index in [0.717, 1.165) is 0 Å². The molecule has 67 valence electrons. The van der Waals surface area contributed by atoms with Crippen molar-refractivity contribution in [3.05, 3.63) is 15.8 Å². The van der Waals surface area contributed by atoms with Crippen LogP contribution in [0.5, 0.6) is 0 Å². The van der Waals surface area contributed by atoms with Gasteiger partial charge in [-0.05, 0) is 6.42 Å². The summed E-state index contributed by atoms with van der Waals surface area (Å²) in [4.78, 5) is 0.219. The molecule has 0 bridgehead atoms. The highest BCUT2D eigenvalue weighted by Crippen LogP contribution is 2.25. The van der Waals surface area contributed by atoms with Gasteiger partial charge in [-0.15, -0.1) is 11.3 Å². The number of rotatable bonds is 3. The standard InChI is InChI=1S/C7H8ClO2S2/c1-2-3-12(9,10)7-5-11-4-6(7)8/h5H,2-3H2,1H3. The van der Waals surface area contributed by atoms with Crippen LogP contribution in [0.1, 0.15) is 13.3 Å². The lowest BCUT2D eigenvalue weighted by atomic mass is 10.6. The fraction of sp³-hybridized carbons (Fsp3) is 0.429. The Hall–Kier alpha value is -0.0600. The molecule has 1 heterocycles. The summed E-state index contributed by atoms with van der Waals surface area (Å²) in [7, 11) is -3.15. The van der Waals surface area contributed by atoms with Crippen molar-refractivity contribution >= 4 is 32.8 Å². The Morgan fingerprint density at radius 1 is 1.67 bits per heavy atom. The van der Waals surface area contributed by atoms with Gasteiger partial charge in [0.15, 0.2) is 9.84 Å². The number of hydrogen-bond donors (Lipinski definition) is 0. The van der Waals surface area contributed by atoms with E-state index in [2.05, 4.69) is 5.38 Å². The first kappa shape index (κ1) is 10.0. The van der Waals surface area contributed by atoms with Gasteiger partial charge in [-0.2, -0.15) is 0 Å².